The highest BCUT2D eigenvalue weighted by atomic mass is 16.3. The highest BCUT2D eigenvalue weighted by Crippen LogP contribution is 2.41. The van der Waals surface area contributed by atoms with E-state index < -0.39 is 6.23 Å². The highest BCUT2D eigenvalue weighted by Gasteiger charge is 2.38. The van der Waals surface area contributed by atoms with E-state index in [0.717, 1.165) is 28.4 Å². The van der Waals surface area contributed by atoms with Crippen molar-refractivity contribution in [1.82, 2.24) is 19.6 Å². The number of fused-ring (bicyclic) bond motifs is 2. The minimum absolute atomic E-state index is 0.320. The molecule has 1 aliphatic heterocycles. The quantitative estimate of drug-likeness (QED) is 0.608. The summed E-state index contributed by atoms with van der Waals surface area (Å²) in [6.07, 6.45) is 9.28. The van der Waals surface area contributed by atoms with Crippen LogP contribution in [0.15, 0.2) is 30.6 Å². The topological polar surface area (TPSA) is 90.6 Å². The molecule has 1 atom stereocenters. The van der Waals surface area contributed by atoms with Crippen molar-refractivity contribution in [3.63, 3.8) is 0 Å². The number of anilines is 4. The summed E-state index contributed by atoms with van der Waals surface area (Å²) in [4.78, 5) is 11.6. The Balaban J connectivity index is 1.42. The van der Waals surface area contributed by atoms with Gasteiger partial charge in [-0.1, -0.05) is 39.2 Å². The Kier molecular flexibility index (Phi) is 4.54. The van der Waals surface area contributed by atoms with Crippen molar-refractivity contribution in [3.8, 4) is 0 Å². The van der Waals surface area contributed by atoms with Gasteiger partial charge < -0.3 is 20.6 Å². The van der Waals surface area contributed by atoms with Crippen LogP contribution in [0.3, 0.4) is 0 Å². The predicted octanol–water partition coefficient (Wildman–Crippen LogP) is 3.66. The summed E-state index contributed by atoms with van der Waals surface area (Å²) < 4.78 is 1.78. The SMILES string of the molecule is CN(c1nccn2nc(Nc3ccc4c(c3)NC(O)C4(C)C)nc12)C1CCCCC1. The molecule has 158 valence electrons. The number of aliphatic hydroxyl groups excluding tert-OH is 1. The lowest BCUT2D eigenvalue weighted by atomic mass is 9.85. The summed E-state index contributed by atoms with van der Waals surface area (Å²) in [6, 6.07) is 6.54. The Morgan fingerprint density at radius 2 is 2.03 bits per heavy atom. The lowest BCUT2D eigenvalue weighted by Gasteiger charge is -2.31. The van der Waals surface area contributed by atoms with Gasteiger partial charge in [-0.05, 0) is 30.5 Å². The van der Waals surface area contributed by atoms with Gasteiger partial charge in [-0.15, -0.1) is 5.10 Å². The first-order valence-corrected chi connectivity index (χ1v) is 10.7. The molecule has 8 heteroatoms. The Bertz CT molecular complexity index is 1070. The number of rotatable bonds is 4. The fraction of sp³-hybridized carbons (Fsp3) is 0.500. The van der Waals surface area contributed by atoms with Gasteiger partial charge in [-0.3, -0.25) is 0 Å². The number of hydrogen-bond donors (Lipinski definition) is 3. The molecule has 0 spiro atoms. The van der Waals surface area contributed by atoms with Crippen LogP contribution in [-0.2, 0) is 5.41 Å². The second-order valence-corrected chi connectivity index (χ2v) is 9.01. The first-order chi connectivity index (χ1) is 14.4. The smallest absolute Gasteiger partial charge is 0.247 e. The normalized spacial score (nSPS) is 20.7. The molecule has 3 aromatic rings. The molecular weight excluding hydrogens is 378 g/mol. The molecule has 1 unspecified atom stereocenters. The molecule has 1 saturated carbocycles. The van der Waals surface area contributed by atoms with Crippen molar-refractivity contribution < 1.29 is 5.11 Å². The van der Waals surface area contributed by atoms with Crippen molar-refractivity contribution in [1.29, 1.82) is 0 Å². The number of hydrogen-bond acceptors (Lipinski definition) is 7. The van der Waals surface area contributed by atoms with Gasteiger partial charge in [0.2, 0.25) is 5.95 Å². The summed E-state index contributed by atoms with van der Waals surface area (Å²) in [6.45, 7) is 4.06. The molecule has 2 aliphatic rings. The van der Waals surface area contributed by atoms with Gasteiger partial charge >= 0.3 is 0 Å². The number of benzene rings is 1. The molecule has 0 amide bonds. The van der Waals surface area contributed by atoms with Crippen LogP contribution in [0.4, 0.5) is 23.1 Å². The van der Waals surface area contributed by atoms with Gasteiger partial charge in [0.15, 0.2) is 11.5 Å². The van der Waals surface area contributed by atoms with E-state index in [1.54, 1.807) is 10.7 Å². The summed E-state index contributed by atoms with van der Waals surface area (Å²) >= 11 is 0. The molecule has 3 N–H and O–H groups in total. The summed E-state index contributed by atoms with van der Waals surface area (Å²) in [5.74, 6) is 1.39. The molecule has 1 aliphatic carbocycles. The zero-order chi connectivity index (χ0) is 20.9. The van der Waals surface area contributed by atoms with Crippen molar-refractivity contribution in [2.24, 2.45) is 0 Å². The molecule has 3 heterocycles. The van der Waals surface area contributed by atoms with Crippen molar-refractivity contribution >= 4 is 28.8 Å². The third-order valence-corrected chi connectivity index (χ3v) is 6.64. The molecule has 2 aromatic heterocycles. The van der Waals surface area contributed by atoms with Crippen LogP contribution < -0.4 is 15.5 Å². The van der Waals surface area contributed by atoms with Crippen molar-refractivity contribution in [2.75, 3.05) is 22.6 Å². The minimum Gasteiger partial charge on any atom is -0.373 e. The Labute approximate surface area is 176 Å². The van der Waals surface area contributed by atoms with E-state index in [-0.39, 0.29) is 5.41 Å². The average molecular weight is 408 g/mol. The van der Waals surface area contributed by atoms with E-state index >= 15 is 0 Å². The van der Waals surface area contributed by atoms with Crippen LogP contribution in [0, 0.1) is 0 Å². The first-order valence-electron chi connectivity index (χ1n) is 10.7. The number of nitrogens with one attached hydrogen (secondary N) is 2. The maximum Gasteiger partial charge on any atom is 0.247 e. The second kappa shape index (κ2) is 7.12. The lowest BCUT2D eigenvalue weighted by Crippen LogP contribution is -2.34. The summed E-state index contributed by atoms with van der Waals surface area (Å²) in [7, 11) is 2.11. The third-order valence-electron chi connectivity index (χ3n) is 6.64. The third kappa shape index (κ3) is 3.15. The molecular formula is C22H29N7O. The largest absolute Gasteiger partial charge is 0.373 e. The van der Waals surface area contributed by atoms with Crippen LogP contribution in [0.5, 0.6) is 0 Å². The van der Waals surface area contributed by atoms with Crippen molar-refractivity contribution in [2.45, 2.75) is 63.6 Å². The van der Waals surface area contributed by atoms with E-state index in [1.807, 2.05) is 38.2 Å². The minimum atomic E-state index is -0.597. The molecule has 1 fully saturated rings. The fourth-order valence-corrected chi connectivity index (χ4v) is 4.65. The zero-order valence-corrected chi connectivity index (χ0v) is 17.8. The average Bonchev–Trinajstić information content (AvgIpc) is 3.25. The Hall–Kier alpha value is -2.87. The molecule has 0 radical (unpaired) electrons. The lowest BCUT2D eigenvalue weighted by molar-refractivity contribution is 0.137. The van der Waals surface area contributed by atoms with Crippen LogP contribution in [-0.4, -0.2) is 44.0 Å². The van der Waals surface area contributed by atoms with Crippen LogP contribution >= 0.6 is 0 Å². The number of nitrogens with zero attached hydrogens (tertiary/aromatic N) is 5. The van der Waals surface area contributed by atoms with Crippen LogP contribution in [0.1, 0.15) is 51.5 Å². The predicted molar refractivity (Wildman–Crippen MR) is 118 cm³/mol. The summed E-state index contributed by atoms with van der Waals surface area (Å²) in [5, 5.41) is 21.3. The molecule has 0 saturated heterocycles. The summed E-state index contributed by atoms with van der Waals surface area (Å²) in [5.41, 5.74) is 3.34. The van der Waals surface area contributed by atoms with E-state index in [1.165, 1.54) is 32.1 Å². The second-order valence-electron chi connectivity index (χ2n) is 9.01. The van der Waals surface area contributed by atoms with E-state index in [0.29, 0.717) is 12.0 Å². The van der Waals surface area contributed by atoms with Crippen LogP contribution in [0.25, 0.3) is 5.65 Å². The zero-order valence-electron chi connectivity index (χ0n) is 17.8. The fourth-order valence-electron chi connectivity index (χ4n) is 4.65. The molecule has 1 aromatic carbocycles. The van der Waals surface area contributed by atoms with Gasteiger partial charge in [-0.2, -0.15) is 4.98 Å². The van der Waals surface area contributed by atoms with Crippen LogP contribution in [0.2, 0.25) is 0 Å². The number of aromatic nitrogens is 4. The van der Waals surface area contributed by atoms with Gasteiger partial charge in [0.25, 0.3) is 0 Å². The van der Waals surface area contributed by atoms with E-state index in [4.69, 9.17) is 4.98 Å². The maximum absolute atomic E-state index is 10.3. The Morgan fingerprint density at radius 3 is 2.83 bits per heavy atom. The number of aliphatic hydroxyl groups is 1. The van der Waals surface area contributed by atoms with Gasteiger partial charge in [0.05, 0.1) is 0 Å². The van der Waals surface area contributed by atoms with Gasteiger partial charge in [-0.25, -0.2) is 9.50 Å². The van der Waals surface area contributed by atoms with Crippen molar-refractivity contribution in [3.05, 3.63) is 36.2 Å². The highest BCUT2D eigenvalue weighted by molar-refractivity contribution is 5.71. The molecule has 5 rings (SSSR count). The standard InChI is InChI=1S/C22H29N7O/c1-22(2)16-10-9-14(13-17(16)25-20(22)30)24-21-26-19-18(23-11-12-29(19)27-21)28(3)15-7-5-4-6-8-15/h9-13,15,20,25,30H,4-8H2,1-3H3,(H,24,27). The Morgan fingerprint density at radius 1 is 1.23 bits per heavy atom. The molecule has 8 nitrogen and oxygen atoms in total. The van der Waals surface area contributed by atoms with Gasteiger partial charge in [0, 0.05) is 42.3 Å². The van der Waals surface area contributed by atoms with E-state index in [2.05, 4.69) is 32.7 Å². The first kappa shape index (κ1) is 19.1. The molecule has 0 bridgehead atoms. The van der Waals surface area contributed by atoms with Gasteiger partial charge in [0.1, 0.15) is 6.23 Å². The maximum atomic E-state index is 10.3. The van der Waals surface area contributed by atoms with E-state index in [9.17, 15) is 5.11 Å². The monoisotopic (exact) mass is 407 g/mol. The molecule has 30 heavy (non-hydrogen) atoms.